The van der Waals surface area contributed by atoms with E-state index in [1.54, 1.807) is 48.5 Å². The van der Waals surface area contributed by atoms with Gasteiger partial charge in [0.15, 0.2) is 4.34 Å². The minimum atomic E-state index is -0.920. The number of Topliss-reactive ketones (excluding diaryl/α,β-unsaturated/α-hetero) is 1. The van der Waals surface area contributed by atoms with Crippen molar-refractivity contribution in [1.29, 1.82) is 0 Å². The molecule has 0 spiro atoms. The number of methoxy groups -OCH3 is 1. The number of anilines is 1. The van der Waals surface area contributed by atoms with Crippen LogP contribution in [0.4, 0.5) is 5.13 Å². The number of aliphatic hydroxyl groups excluding tert-OH is 1. The first-order chi connectivity index (χ1) is 18.4. The lowest BCUT2D eigenvalue weighted by atomic mass is 9.95. The lowest BCUT2D eigenvalue weighted by Gasteiger charge is -2.22. The fourth-order valence-corrected chi connectivity index (χ4v) is 6.05. The molecule has 1 N–H and O–H groups in total. The molecule has 1 saturated heterocycles. The van der Waals surface area contributed by atoms with Crippen molar-refractivity contribution in [1.82, 2.24) is 10.2 Å². The van der Waals surface area contributed by atoms with Gasteiger partial charge in [-0.1, -0.05) is 70.6 Å². The molecule has 0 radical (unpaired) electrons. The quantitative estimate of drug-likeness (QED) is 0.0843. The average Bonchev–Trinajstić information content (AvgIpc) is 3.50. The van der Waals surface area contributed by atoms with Crippen molar-refractivity contribution in [3.63, 3.8) is 0 Å². The van der Waals surface area contributed by atoms with Gasteiger partial charge in [-0.3, -0.25) is 14.5 Å². The molecule has 1 fully saturated rings. The van der Waals surface area contributed by atoms with Gasteiger partial charge in [0.2, 0.25) is 5.13 Å². The number of hydrogen-bond donors (Lipinski definition) is 1. The summed E-state index contributed by atoms with van der Waals surface area (Å²) < 4.78 is 5.81. The number of benzene rings is 3. The van der Waals surface area contributed by atoms with Crippen LogP contribution in [0.1, 0.15) is 22.7 Å². The van der Waals surface area contributed by atoms with Gasteiger partial charge in [0.25, 0.3) is 5.78 Å². The van der Waals surface area contributed by atoms with E-state index >= 15 is 0 Å². The van der Waals surface area contributed by atoms with E-state index in [1.807, 2.05) is 24.3 Å². The van der Waals surface area contributed by atoms with E-state index in [1.165, 1.54) is 35.1 Å². The molecule has 11 heteroatoms. The third-order valence-electron chi connectivity index (χ3n) is 5.87. The second kappa shape index (κ2) is 11.2. The van der Waals surface area contributed by atoms with E-state index < -0.39 is 17.7 Å². The summed E-state index contributed by atoms with van der Waals surface area (Å²) in [6.45, 7) is 0. The van der Waals surface area contributed by atoms with E-state index in [2.05, 4.69) is 10.2 Å². The number of amides is 1. The highest BCUT2D eigenvalue weighted by molar-refractivity contribution is 8.00. The largest absolute Gasteiger partial charge is 0.507 e. The van der Waals surface area contributed by atoms with Crippen LogP contribution < -0.4 is 9.64 Å². The molecule has 1 aliphatic heterocycles. The van der Waals surface area contributed by atoms with Crippen LogP contribution in [0.3, 0.4) is 0 Å². The first-order valence-corrected chi connectivity index (χ1v) is 13.8. The predicted octanol–water partition coefficient (Wildman–Crippen LogP) is 6.77. The Labute approximate surface area is 236 Å². The molecule has 1 amide bonds. The zero-order valence-electron chi connectivity index (χ0n) is 19.8. The summed E-state index contributed by atoms with van der Waals surface area (Å²) in [5.74, 6) is -0.693. The minimum absolute atomic E-state index is 0.0481. The first kappa shape index (κ1) is 26.2. The molecule has 0 bridgehead atoms. The number of ether oxygens (including phenoxy) is 1. The van der Waals surface area contributed by atoms with E-state index in [9.17, 15) is 14.7 Å². The van der Waals surface area contributed by atoms with Crippen molar-refractivity contribution in [3.05, 3.63) is 105 Å². The van der Waals surface area contributed by atoms with Gasteiger partial charge in [0.1, 0.15) is 11.5 Å². The number of thioether (sulfide) groups is 1. The molecule has 1 aliphatic rings. The summed E-state index contributed by atoms with van der Waals surface area (Å²) in [7, 11) is 1.53. The third-order valence-corrected chi connectivity index (χ3v) is 8.50. The number of halogens is 2. The lowest BCUT2D eigenvalue weighted by Crippen LogP contribution is -2.29. The predicted molar refractivity (Wildman–Crippen MR) is 150 cm³/mol. The van der Waals surface area contributed by atoms with E-state index in [4.69, 9.17) is 27.9 Å². The number of carbonyl (C=O) groups is 2. The Bertz CT molecular complexity index is 1520. The molecule has 7 nitrogen and oxygen atoms in total. The number of rotatable bonds is 7. The molecule has 1 atom stereocenters. The number of hydrogen-bond acceptors (Lipinski definition) is 8. The number of carbonyl (C=O) groups excluding carboxylic acids is 2. The zero-order valence-corrected chi connectivity index (χ0v) is 22.9. The van der Waals surface area contributed by atoms with Crippen LogP contribution in [-0.4, -0.2) is 34.1 Å². The number of ketones is 1. The Balaban J connectivity index is 1.52. The van der Waals surface area contributed by atoms with Gasteiger partial charge in [0, 0.05) is 21.4 Å². The number of nitrogens with zero attached hydrogens (tertiary/aromatic N) is 3. The molecule has 4 aromatic rings. The van der Waals surface area contributed by atoms with Crippen LogP contribution in [0.5, 0.6) is 5.75 Å². The molecule has 1 unspecified atom stereocenters. The van der Waals surface area contributed by atoms with Crippen LogP contribution in [0, 0.1) is 0 Å². The number of aromatic nitrogens is 2. The van der Waals surface area contributed by atoms with Crippen LogP contribution in [0.25, 0.3) is 5.76 Å². The fourth-order valence-electron chi connectivity index (χ4n) is 3.98. The Hall–Kier alpha value is -3.37. The second-order valence-electron chi connectivity index (χ2n) is 8.21. The fraction of sp³-hybridized carbons (Fsp3) is 0.111. The van der Waals surface area contributed by atoms with Gasteiger partial charge in [-0.05, 0) is 59.7 Å². The maximum absolute atomic E-state index is 13.3. The van der Waals surface area contributed by atoms with Gasteiger partial charge < -0.3 is 9.84 Å². The summed E-state index contributed by atoms with van der Waals surface area (Å²) in [5.41, 5.74) is 1.97. The van der Waals surface area contributed by atoms with Crippen LogP contribution in [0.2, 0.25) is 10.0 Å². The van der Waals surface area contributed by atoms with Crippen molar-refractivity contribution in [2.24, 2.45) is 0 Å². The SMILES string of the molecule is COc1ccc(/C(O)=C2/C(=O)C(=O)N(c3nnc(SCc4ccc(Cl)cc4)s3)C2c2ccc(Cl)cc2)cc1. The van der Waals surface area contributed by atoms with Crippen LogP contribution in [-0.2, 0) is 15.3 Å². The Morgan fingerprint density at radius 2 is 1.61 bits per heavy atom. The Morgan fingerprint density at radius 1 is 0.974 bits per heavy atom. The molecule has 0 aliphatic carbocycles. The van der Waals surface area contributed by atoms with Crippen molar-refractivity contribution in [2.75, 3.05) is 12.0 Å². The van der Waals surface area contributed by atoms with Gasteiger partial charge in [-0.2, -0.15) is 0 Å². The molecule has 38 heavy (non-hydrogen) atoms. The highest BCUT2D eigenvalue weighted by Gasteiger charge is 2.48. The maximum atomic E-state index is 13.3. The standard InChI is InChI=1S/C27H19Cl2N3O4S2/c1-36-20-12-6-17(7-13-20)23(33)21-22(16-4-10-19(29)11-5-16)32(25(35)24(21)34)26-30-31-27(38-26)37-14-15-2-8-18(28)9-3-15/h2-13,22,33H,14H2,1H3/b23-21-. The summed E-state index contributed by atoms with van der Waals surface area (Å²) in [4.78, 5) is 27.9. The Morgan fingerprint density at radius 3 is 2.24 bits per heavy atom. The normalized spacial score (nSPS) is 16.7. The van der Waals surface area contributed by atoms with Gasteiger partial charge in [0.05, 0.1) is 18.7 Å². The molecular weight excluding hydrogens is 565 g/mol. The third kappa shape index (κ3) is 5.28. The number of aliphatic hydroxyl groups is 1. The molecule has 2 heterocycles. The zero-order chi connectivity index (χ0) is 26.8. The monoisotopic (exact) mass is 583 g/mol. The van der Waals surface area contributed by atoms with E-state index in [-0.39, 0.29) is 16.5 Å². The highest BCUT2D eigenvalue weighted by atomic mass is 35.5. The molecule has 192 valence electrons. The van der Waals surface area contributed by atoms with Crippen LogP contribution >= 0.6 is 46.3 Å². The smallest absolute Gasteiger partial charge is 0.301 e. The highest BCUT2D eigenvalue weighted by Crippen LogP contribution is 2.44. The summed E-state index contributed by atoms with van der Waals surface area (Å²) in [6.07, 6.45) is 0. The first-order valence-electron chi connectivity index (χ1n) is 11.3. The van der Waals surface area contributed by atoms with E-state index in [0.717, 1.165) is 5.56 Å². The van der Waals surface area contributed by atoms with Gasteiger partial charge in [-0.15, -0.1) is 10.2 Å². The minimum Gasteiger partial charge on any atom is -0.507 e. The van der Waals surface area contributed by atoms with Crippen molar-refractivity contribution in [3.8, 4) is 5.75 Å². The van der Waals surface area contributed by atoms with Crippen molar-refractivity contribution in [2.45, 2.75) is 16.1 Å². The molecular formula is C27H19Cl2N3O4S2. The summed E-state index contributed by atoms with van der Waals surface area (Å²) >= 11 is 14.7. The summed E-state index contributed by atoms with van der Waals surface area (Å²) in [5, 5.41) is 21.1. The summed E-state index contributed by atoms with van der Waals surface area (Å²) in [6, 6.07) is 19.9. The maximum Gasteiger partial charge on any atom is 0.301 e. The average molecular weight is 585 g/mol. The molecule has 0 saturated carbocycles. The van der Waals surface area contributed by atoms with Crippen molar-refractivity contribution >= 4 is 68.9 Å². The molecule has 5 rings (SSSR count). The Kier molecular flexibility index (Phi) is 7.71. The molecule has 3 aromatic carbocycles. The topological polar surface area (TPSA) is 92.6 Å². The van der Waals surface area contributed by atoms with E-state index in [0.29, 0.717) is 37.0 Å². The second-order valence-corrected chi connectivity index (χ2v) is 11.3. The molecule has 1 aromatic heterocycles. The van der Waals surface area contributed by atoms with Crippen molar-refractivity contribution < 1.29 is 19.4 Å². The van der Waals surface area contributed by atoms with Gasteiger partial charge in [-0.25, -0.2) is 0 Å². The van der Waals surface area contributed by atoms with Crippen LogP contribution in [0.15, 0.2) is 82.7 Å². The lowest BCUT2D eigenvalue weighted by molar-refractivity contribution is -0.132. The van der Waals surface area contributed by atoms with Gasteiger partial charge >= 0.3 is 5.91 Å².